The van der Waals surface area contributed by atoms with Crippen LogP contribution in [0.4, 0.5) is 10.1 Å². The van der Waals surface area contributed by atoms with E-state index in [0.29, 0.717) is 5.92 Å². The van der Waals surface area contributed by atoms with Gasteiger partial charge >= 0.3 is 5.97 Å². The molecule has 0 heterocycles. The Bertz CT molecular complexity index is 546. The molecule has 0 spiro atoms. The van der Waals surface area contributed by atoms with Crippen LogP contribution in [0.5, 0.6) is 0 Å². The summed E-state index contributed by atoms with van der Waals surface area (Å²) in [5.41, 5.74) is -0.693. The van der Waals surface area contributed by atoms with Crippen molar-refractivity contribution < 1.29 is 18.8 Å². The number of non-ortho nitro benzene ring substituents is 1. The number of hydrogen-bond acceptors (Lipinski definition) is 4. The minimum absolute atomic E-state index is 0.227. The summed E-state index contributed by atoms with van der Waals surface area (Å²) in [6.07, 6.45) is 4.44. The van der Waals surface area contributed by atoms with Crippen LogP contribution in [-0.2, 0) is 4.74 Å². The molecule has 0 radical (unpaired) electrons. The van der Waals surface area contributed by atoms with Gasteiger partial charge in [-0.3, -0.25) is 10.1 Å². The third-order valence-corrected chi connectivity index (χ3v) is 3.97. The van der Waals surface area contributed by atoms with Crippen LogP contribution < -0.4 is 0 Å². The lowest BCUT2D eigenvalue weighted by atomic mass is 9.85. The Morgan fingerprint density at radius 1 is 1.48 bits per heavy atom. The molecule has 1 aliphatic carbocycles. The largest absolute Gasteiger partial charge is 0.459 e. The highest BCUT2D eigenvalue weighted by atomic mass is 19.1. The van der Waals surface area contributed by atoms with Gasteiger partial charge in [0.2, 0.25) is 0 Å². The Labute approximate surface area is 122 Å². The highest BCUT2D eigenvalue weighted by molar-refractivity contribution is 5.90. The fraction of sp³-hybridized carbons (Fsp3) is 0.533. The molecular weight excluding hydrogens is 277 g/mol. The van der Waals surface area contributed by atoms with Crippen LogP contribution >= 0.6 is 0 Å². The fourth-order valence-corrected chi connectivity index (χ4v) is 2.72. The number of esters is 1. The van der Waals surface area contributed by atoms with E-state index in [4.69, 9.17) is 4.74 Å². The summed E-state index contributed by atoms with van der Waals surface area (Å²) >= 11 is 0. The molecule has 2 unspecified atom stereocenters. The number of nitro benzene ring substituents is 1. The molecule has 0 bridgehead atoms. The summed E-state index contributed by atoms with van der Waals surface area (Å²) in [4.78, 5) is 22.0. The van der Waals surface area contributed by atoms with E-state index in [-0.39, 0.29) is 17.4 Å². The van der Waals surface area contributed by atoms with E-state index < -0.39 is 16.7 Å². The molecule has 0 N–H and O–H groups in total. The second-order valence-electron chi connectivity index (χ2n) is 5.39. The molecule has 0 amide bonds. The van der Waals surface area contributed by atoms with E-state index in [1.54, 1.807) is 0 Å². The maximum absolute atomic E-state index is 13.7. The van der Waals surface area contributed by atoms with E-state index in [2.05, 4.69) is 6.92 Å². The molecule has 1 aromatic carbocycles. The summed E-state index contributed by atoms with van der Waals surface area (Å²) in [5.74, 6) is -1.10. The van der Waals surface area contributed by atoms with Gasteiger partial charge in [-0.1, -0.05) is 19.8 Å². The Morgan fingerprint density at radius 3 is 2.90 bits per heavy atom. The van der Waals surface area contributed by atoms with Gasteiger partial charge in [0.25, 0.3) is 5.69 Å². The van der Waals surface area contributed by atoms with Crippen LogP contribution in [0.2, 0.25) is 0 Å². The Kier molecular flexibility index (Phi) is 4.88. The van der Waals surface area contributed by atoms with Gasteiger partial charge in [0, 0.05) is 12.1 Å². The first-order valence-corrected chi connectivity index (χ1v) is 7.16. The van der Waals surface area contributed by atoms with Gasteiger partial charge in [-0.2, -0.15) is 0 Å². The number of nitro groups is 1. The third kappa shape index (κ3) is 3.77. The molecule has 1 fully saturated rings. The molecule has 0 saturated heterocycles. The quantitative estimate of drug-likeness (QED) is 0.480. The minimum atomic E-state index is -0.821. The van der Waals surface area contributed by atoms with Crippen molar-refractivity contribution in [2.75, 3.05) is 0 Å². The van der Waals surface area contributed by atoms with Gasteiger partial charge in [-0.05, 0) is 31.2 Å². The maximum atomic E-state index is 13.7. The number of carbonyl (C=O) groups is 1. The van der Waals surface area contributed by atoms with Gasteiger partial charge in [0.1, 0.15) is 17.5 Å². The highest BCUT2D eigenvalue weighted by Gasteiger charge is 2.26. The van der Waals surface area contributed by atoms with Crippen molar-refractivity contribution in [3.05, 3.63) is 39.7 Å². The summed E-state index contributed by atoms with van der Waals surface area (Å²) in [6.45, 7) is 2.09. The lowest BCUT2D eigenvalue weighted by molar-refractivity contribution is -0.384. The minimum Gasteiger partial charge on any atom is -0.459 e. The van der Waals surface area contributed by atoms with Gasteiger partial charge in [0.05, 0.1) is 4.92 Å². The first kappa shape index (κ1) is 15.4. The zero-order chi connectivity index (χ0) is 15.4. The Hall–Kier alpha value is -1.98. The SMILES string of the molecule is CCC1CCCC(OC(=O)c2cc([N+](=O)[O-])ccc2F)C1. The number of ether oxygens (including phenoxy) is 1. The van der Waals surface area contributed by atoms with Crippen molar-refractivity contribution in [1.82, 2.24) is 0 Å². The first-order chi connectivity index (χ1) is 10.0. The number of nitrogens with zero attached hydrogens (tertiary/aromatic N) is 1. The van der Waals surface area contributed by atoms with Crippen LogP contribution in [-0.4, -0.2) is 17.0 Å². The zero-order valence-corrected chi connectivity index (χ0v) is 11.9. The average Bonchev–Trinajstić information content (AvgIpc) is 2.47. The lowest BCUT2D eigenvalue weighted by Gasteiger charge is -2.28. The molecule has 5 nitrogen and oxygen atoms in total. The van der Waals surface area contributed by atoms with Gasteiger partial charge in [-0.15, -0.1) is 0 Å². The van der Waals surface area contributed by atoms with Gasteiger partial charge in [-0.25, -0.2) is 9.18 Å². The predicted octanol–water partition coefficient (Wildman–Crippen LogP) is 3.86. The monoisotopic (exact) mass is 295 g/mol. The number of rotatable bonds is 4. The maximum Gasteiger partial charge on any atom is 0.341 e. The molecule has 1 aromatic rings. The summed E-state index contributed by atoms with van der Waals surface area (Å²) in [6, 6.07) is 2.88. The molecule has 1 aliphatic rings. The predicted molar refractivity (Wildman–Crippen MR) is 74.5 cm³/mol. The number of hydrogen-bond donors (Lipinski definition) is 0. The summed E-state index contributed by atoms with van der Waals surface area (Å²) in [7, 11) is 0. The Balaban J connectivity index is 2.09. The molecule has 21 heavy (non-hydrogen) atoms. The molecular formula is C15H18FNO4. The lowest BCUT2D eigenvalue weighted by Crippen LogP contribution is -2.25. The number of halogens is 1. The van der Waals surface area contributed by atoms with Crippen molar-refractivity contribution in [2.45, 2.75) is 45.1 Å². The van der Waals surface area contributed by atoms with Gasteiger partial charge in [0.15, 0.2) is 0 Å². The van der Waals surface area contributed by atoms with Crippen molar-refractivity contribution in [3.63, 3.8) is 0 Å². The fourth-order valence-electron chi connectivity index (χ4n) is 2.72. The Morgan fingerprint density at radius 2 is 2.24 bits per heavy atom. The van der Waals surface area contributed by atoms with Crippen molar-refractivity contribution in [2.24, 2.45) is 5.92 Å². The first-order valence-electron chi connectivity index (χ1n) is 7.16. The number of carbonyl (C=O) groups excluding carboxylic acids is 1. The van der Waals surface area contributed by atoms with Crippen molar-refractivity contribution >= 4 is 11.7 Å². The van der Waals surface area contributed by atoms with E-state index in [0.717, 1.165) is 50.3 Å². The second-order valence-corrected chi connectivity index (χ2v) is 5.39. The third-order valence-electron chi connectivity index (χ3n) is 3.97. The van der Waals surface area contributed by atoms with Gasteiger partial charge < -0.3 is 4.74 Å². The van der Waals surface area contributed by atoms with E-state index >= 15 is 0 Å². The van der Waals surface area contributed by atoms with Crippen LogP contribution in [0.25, 0.3) is 0 Å². The summed E-state index contributed by atoms with van der Waals surface area (Å²) < 4.78 is 19.0. The highest BCUT2D eigenvalue weighted by Crippen LogP contribution is 2.29. The smallest absolute Gasteiger partial charge is 0.341 e. The number of benzene rings is 1. The molecule has 6 heteroatoms. The van der Waals surface area contributed by atoms with Crippen molar-refractivity contribution in [3.8, 4) is 0 Å². The van der Waals surface area contributed by atoms with Crippen molar-refractivity contribution in [1.29, 1.82) is 0 Å². The molecule has 1 saturated carbocycles. The van der Waals surface area contributed by atoms with E-state index in [1.165, 1.54) is 0 Å². The topological polar surface area (TPSA) is 69.4 Å². The second kappa shape index (κ2) is 6.65. The molecule has 2 atom stereocenters. The average molecular weight is 295 g/mol. The van der Waals surface area contributed by atoms with E-state index in [1.807, 2.05) is 0 Å². The standard InChI is InChI=1S/C15H18FNO4/c1-2-10-4-3-5-12(8-10)21-15(18)13-9-11(17(19)20)6-7-14(13)16/h6-7,9-10,12H,2-5,8H2,1H3. The van der Waals surface area contributed by atoms with E-state index in [9.17, 15) is 19.3 Å². The van der Waals surface area contributed by atoms with Crippen LogP contribution in [0.1, 0.15) is 49.4 Å². The summed E-state index contributed by atoms with van der Waals surface area (Å²) in [5, 5.41) is 10.7. The zero-order valence-electron chi connectivity index (χ0n) is 11.9. The molecule has 2 rings (SSSR count). The van der Waals surface area contributed by atoms with Crippen LogP contribution in [0, 0.1) is 21.8 Å². The van der Waals surface area contributed by atoms with Crippen LogP contribution in [0.3, 0.4) is 0 Å². The molecule has 0 aromatic heterocycles. The normalized spacial score (nSPS) is 21.8. The molecule has 114 valence electrons. The molecule has 0 aliphatic heterocycles. The van der Waals surface area contributed by atoms with Crippen LogP contribution in [0.15, 0.2) is 18.2 Å².